The maximum absolute atomic E-state index is 10.3. The molecule has 12 heavy (non-hydrogen) atoms. The van der Waals surface area contributed by atoms with E-state index in [0.717, 1.165) is 0 Å². The Morgan fingerprint density at radius 3 is 2.75 bits per heavy atom. The third-order valence-electron chi connectivity index (χ3n) is 1.42. The zero-order valence-corrected chi connectivity index (χ0v) is 6.18. The molecule has 0 aliphatic heterocycles. The summed E-state index contributed by atoms with van der Waals surface area (Å²) in [7, 11) is 0. The number of aliphatic hydroxyl groups is 1. The molecule has 64 valence electrons. The first-order chi connectivity index (χ1) is 5.61. The standard InChI is InChI=1S/C7H8N2O3/c8-7(10)5-2-1-3-6(4-5)9(11)12/h1-4,7,10H,8H2. The van der Waals surface area contributed by atoms with Crippen LogP contribution >= 0.6 is 0 Å². The van der Waals surface area contributed by atoms with E-state index in [1.165, 1.54) is 24.3 Å². The summed E-state index contributed by atoms with van der Waals surface area (Å²) in [6, 6.07) is 5.58. The molecule has 5 nitrogen and oxygen atoms in total. The van der Waals surface area contributed by atoms with Crippen LogP contribution in [0, 0.1) is 10.1 Å². The average Bonchev–Trinajstić information content (AvgIpc) is 2.04. The molecule has 0 spiro atoms. The van der Waals surface area contributed by atoms with Crippen LogP contribution in [0.15, 0.2) is 24.3 Å². The fraction of sp³-hybridized carbons (Fsp3) is 0.143. The fourth-order valence-corrected chi connectivity index (χ4v) is 0.822. The first-order valence-electron chi connectivity index (χ1n) is 3.29. The topological polar surface area (TPSA) is 89.4 Å². The van der Waals surface area contributed by atoms with Gasteiger partial charge >= 0.3 is 0 Å². The van der Waals surface area contributed by atoms with E-state index in [9.17, 15) is 10.1 Å². The van der Waals surface area contributed by atoms with Gasteiger partial charge in [-0.05, 0) is 0 Å². The highest BCUT2D eigenvalue weighted by molar-refractivity contribution is 5.34. The maximum atomic E-state index is 10.3. The van der Waals surface area contributed by atoms with Crippen molar-refractivity contribution in [1.82, 2.24) is 0 Å². The highest BCUT2D eigenvalue weighted by atomic mass is 16.6. The minimum Gasteiger partial charge on any atom is -0.375 e. The molecule has 1 aromatic rings. The van der Waals surface area contributed by atoms with Gasteiger partial charge in [-0.3, -0.25) is 10.1 Å². The minimum atomic E-state index is -1.16. The molecule has 1 atom stereocenters. The molecular weight excluding hydrogens is 160 g/mol. The third kappa shape index (κ3) is 1.77. The van der Waals surface area contributed by atoms with E-state index in [4.69, 9.17) is 10.8 Å². The summed E-state index contributed by atoms with van der Waals surface area (Å²) in [6.45, 7) is 0. The predicted molar refractivity (Wildman–Crippen MR) is 42.2 cm³/mol. The Hall–Kier alpha value is -1.46. The molecule has 3 N–H and O–H groups in total. The molecule has 0 aromatic heterocycles. The van der Waals surface area contributed by atoms with Gasteiger partial charge in [0.15, 0.2) is 0 Å². The van der Waals surface area contributed by atoms with E-state index in [-0.39, 0.29) is 5.69 Å². The lowest BCUT2D eigenvalue weighted by Crippen LogP contribution is -2.08. The van der Waals surface area contributed by atoms with Crippen molar-refractivity contribution < 1.29 is 10.0 Å². The molecule has 0 saturated carbocycles. The number of aliphatic hydroxyl groups excluding tert-OH is 1. The summed E-state index contributed by atoms with van der Waals surface area (Å²) in [6.07, 6.45) is -1.16. The second kappa shape index (κ2) is 3.29. The number of nitro groups is 1. The van der Waals surface area contributed by atoms with Crippen molar-refractivity contribution in [2.75, 3.05) is 0 Å². The molecule has 0 saturated heterocycles. The molecule has 1 aromatic carbocycles. The number of nitrogens with two attached hydrogens (primary N) is 1. The number of rotatable bonds is 2. The van der Waals surface area contributed by atoms with Gasteiger partial charge < -0.3 is 10.8 Å². The summed E-state index contributed by atoms with van der Waals surface area (Å²) in [4.78, 5) is 9.72. The SMILES string of the molecule is NC(O)c1cccc([N+](=O)[O-])c1. The van der Waals surface area contributed by atoms with Crippen molar-refractivity contribution in [2.45, 2.75) is 6.23 Å². The first kappa shape index (κ1) is 8.63. The van der Waals surface area contributed by atoms with Gasteiger partial charge in [0.25, 0.3) is 5.69 Å². The first-order valence-corrected chi connectivity index (χ1v) is 3.29. The van der Waals surface area contributed by atoms with Gasteiger partial charge in [-0.2, -0.15) is 0 Å². The largest absolute Gasteiger partial charge is 0.375 e. The van der Waals surface area contributed by atoms with E-state index in [2.05, 4.69) is 0 Å². The van der Waals surface area contributed by atoms with Crippen molar-refractivity contribution in [3.8, 4) is 0 Å². The Morgan fingerprint density at radius 1 is 1.58 bits per heavy atom. The quantitative estimate of drug-likeness (QED) is 0.383. The molecule has 0 fully saturated rings. The zero-order valence-electron chi connectivity index (χ0n) is 6.18. The van der Waals surface area contributed by atoms with Gasteiger partial charge in [0.2, 0.25) is 0 Å². The lowest BCUT2D eigenvalue weighted by atomic mass is 10.2. The molecule has 0 heterocycles. The minimum absolute atomic E-state index is 0.0722. The lowest BCUT2D eigenvalue weighted by molar-refractivity contribution is -0.385. The third-order valence-corrected chi connectivity index (χ3v) is 1.42. The molecule has 0 radical (unpaired) electrons. The van der Waals surface area contributed by atoms with Crippen molar-refractivity contribution in [2.24, 2.45) is 5.73 Å². The van der Waals surface area contributed by atoms with Crippen LogP contribution in [-0.4, -0.2) is 10.0 Å². The molecule has 5 heteroatoms. The fourth-order valence-electron chi connectivity index (χ4n) is 0.822. The molecule has 1 unspecified atom stereocenters. The van der Waals surface area contributed by atoms with Crippen LogP contribution in [0.25, 0.3) is 0 Å². The van der Waals surface area contributed by atoms with Crippen molar-refractivity contribution >= 4 is 5.69 Å². The van der Waals surface area contributed by atoms with Crippen LogP contribution in [0.2, 0.25) is 0 Å². The van der Waals surface area contributed by atoms with Crippen molar-refractivity contribution in [3.05, 3.63) is 39.9 Å². The van der Waals surface area contributed by atoms with E-state index < -0.39 is 11.2 Å². The van der Waals surface area contributed by atoms with Gasteiger partial charge in [-0.1, -0.05) is 12.1 Å². The van der Waals surface area contributed by atoms with E-state index in [1.807, 2.05) is 0 Å². The Balaban J connectivity index is 3.04. The monoisotopic (exact) mass is 168 g/mol. The normalized spacial score (nSPS) is 12.5. The summed E-state index contributed by atoms with van der Waals surface area (Å²) in [5.74, 6) is 0. The van der Waals surface area contributed by atoms with Crippen LogP contribution in [0.4, 0.5) is 5.69 Å². The van der Waals surface area contributed by atoms with Crippen LogP contribution in [0.1, 0.15) is 11.8 Å². The van der Waals surface area contributed by atoms with Gasteiger partial charge in [0.1, 0.15) is 6.23 Å². The van der Waals surface area contributed by atoms with Crippen LogP contribution < -0.4 is 5.73 Å². The Bertz CT molecular complexity index is 298. The summed E-state index contributed by atoms with van der Waals surface area (Å²) >= 11 is 0. The predicted octanol–water partition coefficient (Wildman–Crippen LogP) is 0.544. The van der Waals surface area contributed by atoms with Crippen molar-refractivity contribution in [3.63, 3.8) is 0 Å². The lowest BCUT2D eigenvalue weighted by Gasteiger charge is -2.02. The van der Waals surface area contributed by atoms with Gasteiger partial charge in [-0.25, -0.2) is 0 Å². The zero-order chi connectivity index (χ0) is 9.14. The molecule has 0 aliphatic rings. The number of benzene rings is 1. The van der Waals surface area contributed by atoms with Gasteiger partial charge in [0.05, 0.1) is 4.92 Å². The van der Waals surface area contributed by atoms with E-state index >= 15 is 0 Å². The molecule has 1 rings (SSSR count). The Labute approximate surface area is 68.6 Å². The number of hydrogen-bond acceptors (Lipinski definition) is 4. The molecule has 0 amide bonds. The smallest absolute Gasteiger partial charge is 0.269 e. The second-order valence-electron chi connectivity index (χ2n) is 2.30. The summed E-state index contributed by atoms with van der Waals surface area (Å²) in [5.41, 5.74) is 5.38. The van der Waals surface area contributed by atoms with E-state index in [1.54, 1.807) is 0 Å². The highest BCUT2D eigenvalue weighted by Crippen LogP contribution is 2.15. The second-order valence-corrected chi connectivity index (χ2v) is 2.30. The summed E-state index contributed by atoms with van der Waals surface area (Å²) < 4.78 is 0. The Morgan fingerprint density at radius 2 is 2.25 bits per heavy atom. The van der Waals surface area contributed by atoms with Crippen molar-refractivity contribution in [1.29, 1.82) is 0 Å². The molecular formula is C7H8N2O3. The molecule has 0 aliphatic carbocycles. The maximum Gasteiger partial charge on any atom is 0.269 e. The van der Waals surface area contributed by atoms with Gasteiger partial charge in [-0.15, -0.1) is 0 Å². The Kier molecular flexibility index (Phi) is 2.37. The average molecular weight is 168 g/mol. The van der Waals surface area contributed by atoms with Crippen LogP contribution in [0.3, 0.4) is 0 Å². The summed E-state index contributed by atoms with van der Waals surface area (Å²) in [5, 5.41) is 19.1. The number of nitrogens with zero attached hydrogens (tertiary/aromatic N) is 1. The highest BCUT2D eigenvalue weighted by Gasteiger charge is 2.07. The number of non-ortho nitro benzene ring substituents is 1. The van der Waals surface area contributed by atoms with Crippen LogP contribution in [-0.2, 0) is 0 Å². The van der Waals surface area contributed by atoms with E-state index in [0.29, 0.717) is 5.56 Å². The number of hydrogen-bond donors (Lipinski definition) is 2. The van der Waals surface area contributed by atoms with Crippen LogP contribution in [0.5, 0.6) is 0 Å². The molecule has 0 bridgehead atoms. The number of nitro benzene ring substituents is 1. The van der Waals surface area contributed by atoms with Gasteiger partial charge in [0, 0.05) is 17.7 Å².